The molecule has 2 fully saturated rings. The number of halogens is 1. The second-order valence-corrected chi connectivity index (χ2v) is 4.75. The predicted octanol–water partition coefficient (Wildman–Crippen LogP) is -0.234. The summed E-state index contributed by atoms with van der Waals surface area (Å²) in [5.74, 6) is 1.40. The number of piperazine rings is 1. The Morgan fingerprint density at radius 1 is 1.26 bits per heavy atom. The van der Waals surface area contributed by atoms with Crippen LogP contribution in [0.25, 0.3) is 0 Å². The molecule has 1 aromatic heterocycles. The lowest BCUT2D eigenvalue weighted by Crippen LogP contribution is -2.56. The molecule has 0 spiro atoms. The van der Waals surface area contributed by atoms with Crippen molar-refractivity contribution in [1.29, 1.82) is 0 Å². The first-order valence-electron chi connectivity index (χ1n) is 6.37. The lowest BCUT2D eigenvalue weighted by molar-refractivity contribution is -0.137. The van der Waals surface area contributed by atoms with Crippen LogP contribution in [0.3, 0.4) is 0 Å². The van der Waals surface area contributed by atoms with Crippen molar-refractivity contribution in [2.24, 2.45) is 5.92 Å². The summed E-state index contributed by atoms with van der Waals surface area (Å²) in [4.78, 5) is 16.2. The summed E-state index contributed by atoms with van der Waals surface area (Å²) >= 11 is 0. The third-order valence-corrected chi connectivity index (χ3v) is 3.60. The molecule has 7 heteroatoms. The molecule has 0 aromatic carbocycles. The molecule has 2 aliphatic rings. The Morgan fingerprint density at radius 3 is 2.53 bits per heavy atom. The normalized spacial score (nSPS) is 19.6. The number of hydrogen-bond donors (Lipinski definition) is 1. The summed E-state index contributed by atoms with van der Waals surface area (Å²) in [6, 6.07) is 3.85. The van der Waals surface area contributed by atoms with E-state index in [2.05, 4.69) is 20.4 Å². The Kier molecular flexibility index (Phi) is 4.55. The topological polar surface area (TPSA) is 61.4 Å². The fourth-order valence-electron chi connectivity index (χ4n) is 2.34. The minimum absolute atomic E-state index is 0. The van der Waals surface area contributed by atoms with Crippen molar-refractivity contribution in [2.45, 2.75) is 0 Å². The molecule has 0 atom stereocenters. The highest BCUT2D eigenvalue weighted by atomic mass is 35.5. The van der Waals surface area contributed by atoms with Crippen LogP contribution in [0.15, 0.2) is 18.3 Å². The second kappa shape index (κ2) is 6.16. The van der Waals surface area contributed by atoms with E-state index in [9.17, 15) is 4.79 Å². The van der Waals surface area contributed by atoms with Gasteiger partial charge in [0, 0.05) is 45.5 Å². The lowest BCUT2D eigenvalue weighted by atomic mass is 10.0. The van der Waals surface area contributed by atoms with Crippen molar-refractivity contribution in [3.05, 3.63) is 18.3 Å². The fourth-order valence-corrected chi connectivity index (χ4v) is 2.34. The van der Waals surface area contributed by atoms with Gasteiger partial charge in [0.2, 0.25) is 5.91 Å². The van der Waals surface area contributed by atoms with Gasteiger partial charge >= 0.3 is 0 Å². The first kappa shape index (κ1) is 14.0. The maximum atomic E-state index is 12.1. The van der Waals surface area contributed by atoms with E-state index in [1.54, 1.807) is 6.20 Å². The monoisotopic (exact) mass is 283 g/mol. The number of amides is 1. The average Bonchev–Trinajstić information content (AvgIpc) is 2.38. The van der Waals surface area contributed by atoms with Gasteiger partial charge in [0.15, 0.2) is 5.82 Å². The van der Waals surface area contributed by atoms with Gasteiger partial charge in [-0.3, -0.25) is 4.79 Å². The number of aromatic nitrogens is 2. The minimum atomic E-state index is 0. The van der Waals surface area contributed by atoms with Crippen LogP contribution >= 0.6 is 12.4 Å². The largest absolute Gasteiger partial charge is 0.352 e. The molecule has 0 radical (unpaired) electrons. The van der Waals surface area contributed by atoms with Crippen LogP contribution in [0, 0.1) is 5.92 Å². The van der Waals surface area contributed by atoms with Crippen LogP contribution < -0.4 is 10.2 Å². The lowest BCUT2D eigenvalue weighted by Gasteiger charge is -2.38. The summed E-state index contributed by atoms with van der Waals surface area (Å²) in [5.41, 5.74) is 0. The molecule has 0 saturated carbocycles. The molecule has 1 N–H and O–H groups in total. The highest BCUT2D eigenvalue weighted by Crippen LogP contribution is 2.14. The Hall–Kier alpha value is -1.40. The molecule has 0 bridgehead atoms. The summed E-state index contributed by atoms with van der Waals surface area (Å²) in [6.45, 7) is 4.92. The minimum Gasteiger partial charge on any atom is -0.352 e. The first-order valence-corrected chi connectivity index (χ1v) is 6.37. The van der Waals surface area contributed by atoms with Crippen LogP contribution in [-0.2, 0) is 4.79 Å². The van der Waals surface area contributed by atoms with E-state index in [1.807, 2.05) is 17.0 Å². The Balaban J connectivity index is 0.00000133. The van der Waals surface area contributed by atoms with E-state index in [4.69, 9.17) is 0 Å². The number of carbonyl (C=O) groups excluding carboxylic acids is 1. The Morgan fingerprint density at radius 2 is 2.00 bits per heavy atom. The number of carbonyl (C=O) groups is 1. The van der Waals surface area contributed by atoms with Gasteiger partial charge in [-0.25, -0.2) is 0 Å². The molecule has 1 aromatic rings. The zero-order chi connectivity index (χ0) is 12.4. The van der Waals surface area contributed by atoms with Crippen molar-refractivity contribution < 1.29 is 4.79 Å². The van der Waals surface area contributed by atoms with Crippen LogP contribution in [0.4, 0.5) is 5.82 Å². The van der Waals surface area contributed by atoms with Gasteiger partial charge in [-0.1, -0.05) is 0 Å². The third kappa shape index (κ3) is 2.96. The van der Waals surface area contributed by atoms with E-state index in [0.29, 0.717) is 5.91 Å². The van der Waals surface area contributed by atoms with E-state index in [1.165, 1.54) is 0 Å². The second-order valence-electron chi connectivity index (χ2n) is 4.75. The first-order chi connectivity index (χ1) is 8.84. The molecule has 19 heavy (non-hydrogen) atoms. The van der Waals surface area contributed by atoms with E-state index in [0.717, 1.165) is 45.1 Å². The van der Waals surface area contributed by atoms with Crippen molar-refractivity contribution in [3.8, 4) is 0 Å². The van der Waals surface area contributed by atoms with Gasteiger partial charge in [-0.2, -0.15) is 5.10 Å². The zero-order valence-electron chi connectivity index (χ0n) is 10.7. The summed E-state index contributed by atoms with van der Waals surface area (Å²) in [6.07, 6.45) is 1.67. The molecule has 104 valence electrons. The molecule has 0 aliphatic carbocycles. The maximum Gasteiger partial charge on any atom is 0.228 e. The molecule has 1 amide bonds. The smallest absolute Gasteiger partial charge is 0.228 e. The number of anilines is 1. The number of rotatable bonds is 2. The van der Waals surface area contributed by atoms with E-state index >= 15 is 0 Å². The van der Waals surface area contributed by atoms with E-state index in [-0.39, 0.29) is 18.3 Å². The molecule has 2 saturated heterocycles. The summed E-state index contributed by atoms with van der Waals surface area (Å²) in [5, 5.41) is 11.1. The summed E-state index contributed by atoms with van der Waals surface area (Å²) < 4.78 is 0. The summed E-state index contributed by atoms with van der Waals surface area (Å²) in [7, 11) is 0. The maximum absolute atomic E-state index is 12.1. The molecular formula is C12H18ClN5O. The molecule has 0 unspecified atom stereocenters. The molecule has 2 aliphatic heterocycles. The average molecular weight is 284 g/mol. The van der Waals surface area contributed by atoms with Gasteiger partial charge in [0.25, 0.3) is 0 Å². The number of nitrogens with one attached hydrogen (secondary N) is 1. The SMILES string of the molecule is Cl.O=C(C1CNC1)N1CCN(c2cccnn2)CC1. The molecule has 6 nitrogen and oxygen atoms in total. The van der Waals surface area contributed by atoms with Gasteiger partial charge < -0.3 is 15.1 Å². The van der Waals surface area contributed by atoms with Crippen molar-refractivity contribution in [1.82, 2.24) is 20.4 Å². The number of nitrogens with zero attached hydrogens (tertiary/aromatic N) is 4. The van der Waals surface area contributed by atoms with Crippen LogP contribution in [0.2, 0.25) is 0 Å². The van der Waals surface area contributed by atoms with Crippen molar-refractivity contribution in [2.75, 3.05) is 44.2 Å². The van der Waals surface area contributed by atoms with Gasteiger partial charge in [0.05, 0.1) is 5.92 Å². The van der Waals surface area contributed by atoms with Crippen LogP contribution in [0.1, 0.15) is 0 Å². The van der Waals surface area contributed by atoms with E-state index < -0.39 is 0 Å². The quantitative estimate of drug-likeness (QED) is 0.812. The fraction of sp³-hybridized carbons (Fsp3) is 0.583. The Labute approximate surface area is 118 Å². The van der Waals surface area contributed by atoms with Crippen molar-refractivity contribution in [3.63, 3.8) is 0 Å². The highest BCUT2D eigenvalue weighted by Gasteiger charge is 2.31. The Bertz CT molecular complexity index is 417. The number of hydrogen-bond acceptors (Lipinski definition) is 5. The molecular weight excluding hydrogens is 266 g/mol. The zero-order valence-corrected chi connectivity index (χ0v) is 11.5. The van der Waals surface area contributed by atoms with Crippen LogP contribution in [0.5, 0.6) is 0 Å². The standard InChI is InChI=1S/C12H17N5O.ClH/c18-12(10-8-13-9-10)17-6-4-16(5-7-17)11-2-1-3-14-15-11;/h1-3,10,13H,4-9H2;1H. The van der Waals surface area contributed by atoms with Gasteiger partial charge in [-0.15, -0.1) is 17.5 Å². The molecule has 3 rings (SSSR count). The highest BCUT2D eigenvalue weighted by molar-refractivity contribution is 5.85. The molecule has 3 heterocycles. The van der Waals surface area contributed by atoms with Crippen LogP contribution in [-0.4, -0.2) is 60.3 Å². The van der Waals surface area contributed by atoms with Gasteiger partial charge in [-0.05, 0) is 12.1 Å². The predicted molar refractivity (Wildman–Crippen MR) is 74.4 cm³/mol. The van der Waals surface area contributed by atoms with Gasteiger partial charge in [0.1, 0.15) is 0 Å². The van der Waals surface area contributed by atoms with Crippen molar-refractivity contribution >= 4 is 24.1 Å². The third-order valence-electron chi connectivity index (χ3n) is 3.60.